The van der Waals surface area contributed by atoms with Gasteiger partial charge in [0.05, 0.1) is 18.6 Å². The molecule has 2 aromatic carbocycles. The normalized spacial score (nSPS) is 11.2. The average Bonchev–Trinajstić information content (AvgIpc) is 2.56. The Morgan fingerprint density at radius 3 is 2.24 bits per heavy atom. The average molecular weight is 355 g/mol. The van der Waals surface area contributed by atoms with E-state index in [2.05, 4.69) is 5.32 Å². The van der Waals surface area contributed by atoms with Gasteiger partial charge in [-0.15, -0.1) is 0 Å². The Morgan fingerprint density at radius 1 is 1.00 bits per heavy atom. The first-order valence-electron chi connectivity index (χ1n) is 7.66. The molecule has 0 fully saturated rings. The zero-order chi connectivity index (χ0) is 18.3. The molecule has 0 bridgehead atoms. The van der Waals surface area contributed by atoms with Crippen molar-refractivity contribution in [2.75, 3.05) is 13.2 Å². The molecule has 0 saturated heterocycles. The zero-order valence-corrected chi connectivity index (χ0v) is 13.3. The highest BCUT2D eigenvalue weighted by molar-refractivity contribution is 5.78. The molecule has 0 radical (unpaired) electrons. The molecule has 1 amide bonds. The molecule has 3 nitrogen and oxygen atoms in total. The van der Waals surface area contributed by atoms with Crippen LogP contribution in [0.15, 0.2) is 48.5 Å². The predicted molar refractivity (Wildman–Crippen MR) is 84.7 cm³/mol. The summed E-state index contributed by atoms with van der Waals surface area (Å²) >= 11 is 0. The number of alkyl halides is 3. The van der Waals surface area contributed by atoms with Gasteiger partial charge in [0.1, 0.15) is 11.6 Å². The topological polar surface area (TPSA) is 38.3 Å². The van der Waals surface area contributed by atoms with Gasteiger partial charge in [0.2, 0.25) is 5.91 Å². The third-order valence-corrected chi connectivity index (χ3v) is 3.37. The van der Waals surface area contributed by atoms with Crippen molar-refractivity contribution < 1.29 is 27.1 Å². The Kier molecular flexibility index (Phi) is 6.38. The lowest BCUT2D eigenvalue weighted by Crippen LogP contribution is -2.27. The lowest BCUT2D eigenvalue weighted by Gasteiger charge is -2.09. The summed E-state index contributed by atoms with van der Waals surface area (Å²) in [6.07, 6.45) is -3.82. The second kappa shape index (κ2) is 8.50. The third kappa shape index (κ3) is 6.45. The summed E-state index contributed by atoms with van der Waals surface area (Å²) in [7, 11) is 0. The van der Waals surface area contributed by atoms with E-state index in [0.717, 1.165) is 12.1 Å². The highest BCUT2D eigenvalue weighted by Crippen LogP contribution is 2.29. The minimum Gasteiger partial charge on any atom is -0.494 e. The number of benzene rings is 2. The van der Waals surface area contributed by atoms with Crippen molar-refractivity contribution in [2.24, 2.45) is 0 Å². The van der Waals surface area contributed by atoms with Crippen LogP contribution in [0.1, 0.15) is 17.5 Å². The fraction of sp³-hybridized carbons (Fsp3) is 0.278. The number of carbonyl (C=O) groups excluding carboxylic acids is 1. The van der Waals surface area contributed by atoms with Gasteiger partial charge in [-0.25, -0.2) is 4.39 Å². The van der Waals surface area contributed by atoms with Crippen LogP contribution in [-0.4, -0.2) is 19.1 Å². The van der Waals surface area contributed by atoms with Gasteiger partial charge < -0.3 is 10.1 Å². The minimum atomic E-state index is -4.38. The maximum Gasteiger partial charge on any atom is 0.416 e. The largest absolute Gasteiger partial charge is 0.494 e. The molecule has 25 heavy (non-hydrogen) atoms. The van der Waals surface area contributed by atoms with Gasteiger partial charge in [-0.2, -0.15) is 13.2 Å². The number of hydrogen-bond acceptors (Lipinski definition) is 2. The van der Waals surface area contributed by atoms with Gasteiger partial charge in [0.25, 0.3) is 0 Å². The molecule has 0 aromatic heterocycles. The van der Waals surface area contributed by atoms with Gasteiger partial charge in [-0.05, 0) is 48.4 Å². The standard InChI is InChI=1S/C18H17F4NO2/c19-15-6-8-16(9-7-15)25-11-1-10-23-17(24)12-13-2-4-14(5-3-13)18(20,21)22/h2-9H,1,10-12H2,(H,23,24). The van der Waals surface area contributed by atoms with Crippen molar-refractivity contribution >= 4 is 5.91 Å². The van der Waals surface area contributed by atoms with E-state index in [-0.39, 0.29) is 18.1 Å². The Labute approximate surface area is 142 Å². The number of amides is 1. The molecule has 0 spiro atoms. The summed E-state index contributed by atoms with van der Waals surface area (Å²) in [5.41, 5.74) is -0.234. The van der Waals surface area contributed by atoms with E-state index in [0.29, 0.717) is 30.9 Å². The Hall–Kier alpha value is -2.57. The molecule has 2 rings (SSSR count). The quantitative estimate of drug-likeness (QED) is 0.603. The molecule has 0 aliphatic carbocycles. The van der Waals surface area contributed by atoms with Gasteiger partial charge in [0.15, 0.2) is 0 Å². The van der Waals surface area contributed by atoms with Crippen LogP contribution < -0.4 is 10.1 Å². The Morgan fingerprint density at radius 2 is 1.64 bits per heavy atom. The summed E-state index contributed by atoms with van der Waals surface area (Å²) in [6.45, 7) is 0.729. The maximum absolute atomic E-state index is 12.7. The van der Waals surface area contributed by atoms with E-state index < -0.39 is 11.7 Å². The molecule has 0 heterocycles. The number of halogens is 4. The molecule has 2 aromatic rings. The molecule has 0 aliphatic heterocycles. The van der Waals surface area contributed by atoms with Crippen molar-refractivity contribution in [1.82, 2.24) is 5.32 Å². The van der Waals surface area contributed by atoms with Gasteiger partial charge in [-0.3, -0.25) is 4.79 Å². The first-order chi connectivity index (χ1) is 11.8. The van der Waals surface area contributed by atoms with E-state index in [1.54, 1.807) is 0 Å². The van der Waals surface area contributed by atoms with Crippen LogP contribution >= 0.6 is 0 Å². The second-order valence-electron chi connectivity index (χ2n) is 5.38. The molecule has 7 heteroatoms. The summed E-state index contributed by atoms with van der Waals surface area (Å²) in [6, 6.07) is 10.1. The molecule has 0 unspecified atom stereocenters. The minimum absolute atomic E-state index is 0.0109. The number of rotatable bonds is 7. The zero-order valence-electron chi connectivity index (χ0n) is 13.3. The highest BCUT2D eigenvalue weighted by atomic mass is 19.4. The van der Waals surface area contributed by atoms with E-state index in [1.165, 1.54) is 36.4 Å². The van der Waals surface area contributed by atoms with E-state index >= 15 is 0 Å². The molecule has 1 N–H and O–H groups in total. The number of nitrogens with one attached hydrogen (secondary N) is 1. The number of ether oxygens (including phenoxy) is 1. The van der Waals surface area contributed by atoms with Crippen molar-refractivity contribution in [3.63, 3.8) is 0 Å². The molecule has 134 valence electrons. The monoisotopic (exact) mass is 355 g/mol. The second-order valence-corrected chi connectivity index (χ2v) is 5.38. The highest BCUT2D eigenvalue weighted by Gasteiger charge is 2.29. The number of carbonyl (C=O) groups is 1. The van der Waals surface area contributed by atoms with E-state index in [9.17, 15) is 22.4 Å². The van der Waals surface area contributed by atoms with Crippen LogP contribution in [0, 0.1) is 5.82 Å². The van der Waals surface area contributed by atoms with Crippen LogP contribution in [0.25, 0.3) is 0 Å². The first-order valence-corrected chi connectivity index (χ1v) is 7.66. The molecular formula is C18H17F4NO2. The maximum atomic E-state index is 12.7. The first kappa shape index (κ1) is 18.8. The summed E-state index contributed by atoms with van der Waals surface area (Å²) < 4.78 is 55.5. The summed E-state index contributed by atoms with van der Waals surface area (Å²) in [5, 5.41) is 2.67. The van der Waals surface area contributed by atoms with E-state index in [1.807, 2.05) is 0 Å². The fourth-order valence-electron chi connectivity index (χ4n) is 2.08. The Balaban J connectivity index is 1.66. The molecule has 0 aliphatic rings. The van der Waals surface area contributed by atoms with Crippen molar-refractivity contribution in [3.05, 3.63) is 65.5 Å². The molecule has 0 saturated carbocycles. The third-order valence-electron chi connectivity index (χ3n) is 3.37. The van der Waals surface area contributed by atoms with Crippen LogP contribution in [-0.2, 0) is 17.4 Å². The molecule has 0 atom stereocenters. The predicted octanol–water partition coefficient (Wildman–Crippen LogP) is 3.97. The number of hydrogen-bond donors (Lipinski definition) is 1. The van der Waals surface area contributed by atoms with Crippen molar-refractivity contribution in [1.29, 1.82) is 0 Å². The van der Waals surface area contributed by atoms with Crippen molar-refractivity contribution in [3.8, 4) is 5.75 Å². The van der Waals surface area contributed by atoms with Crippen LogP contribution in [0.3, 0.4) is 0 Å². The lowest BCUT2D eigenvalue weighted by molar-refractivity contribution is -0.137. The van der Waals surface area contributed by atoms with Gasteiger partial charge >= 0.3 is 6.18 Å². The summed E-state index contributed by atoms with van der Waals surface area (Å²) in [4.78, 5) is 11.7. The van der Waals surface area contributed by atoms with E-state index in [4.69, 9.17) is 4.74 Å². The van der Waals surface area contributed by atoms with Gasteiger partial charge in [-0.1, -0.05) is 12.1 Å². The summed E-state index contributed by atoms with van der Waals surface area (Å²) in [5.74, 6) is -0.0816. The SMILES string of the molecule is O=C(Cc1ccc(C(F)(F)F)cc1)NCCCOc1ccc(F)cc1. The fourth-order valence-corrected chi connectivity index (χ4v) is 2.08. The molecular weight excluding hydrogens is 338 g/mol. The van der Waals surface area contributed by atoms with Crippen molar-refractivity contribution in [2.45, 2.75) is 19.0 Å². The van der Waals surface area contributed by atoms with Crippen LogP contribution in [0.5, 0.6) is 5.75 Å². The Bertz CT molecular complexity index is 682. The van der Waals surface area contributed by atoms with Crippen LogP contribution in [0.4, 0.5) is 17.6 Å². The smallest absolute Gasteiger partial charge is 0.416 e. The van der Waals surface area contributed by atoms with Gasteiger partial charge in [0, 0.05) is 6.54 Å². The van der Waals surface area contributed by atoms with Crippen LogP contribution in [0.2, 0.25) is 0 Å². The lowest BCUT2D eigenvalue weighted by atomic mass is 10.1.